The number of benzene rings is 4. The molecule has 0 unspecified atom stereocenters. The highest BCUT2D eigenvalue weighted by molar-refractivity contribution is 6.13. The Balaban J connectivity index is 1.58. The summed E-state index contributed by atoms with van der Waals surface area (Å²) in [6.45, 7) is 4.34. The van der Waals surface area contributed by atoms with Crippen LogP contribution in [0.2, 0.25) is 0 Å². The molecule has 0 atom stereocenters. The van der Waals surface area contributed by atoms with Gasteiger partial charge in [0.05, 0.1) is 5.56 Å². The smallest absolute Gasteiger partial charge is 0.216 e. The molecule has 0 bridgehead atoms. The SMILES string of the molecule is Cc1cc(-c2ccccc2)ccc1-c1cccc2c1oc1c(-c3cccc[n+]3C)c(C)ccc12. The van der Waals surface area contributed by atoms with Gasteiger partial charge in [-0.3, -0.25) is 0 Å². The Hall–Kier alpha value is -4.17. The summed E-state index contributed by atoms with van der Waals surface area (Å²) in [5.74, 6) is 0. The van der Waals surface area contributed by atoms with E-state index in [1.165, 1.54) is 27.8 Å². The third-order valence-electron chi connectivity index (χ3n) is 6.81. The van der Waals surface area contributed by atoms with Gasteiger partial charge < -0.3 is 4.42 Å². The van der Waals surface area contributed by atoms with Crippen LogP contribution in [0.25, 0.3) is 55.4 Å². The van der Waals surface area contributed by atoms with Crippen molar-refractivity contribution in [1.29, 1.82) is 0 Å². The quantitative estimate of drug-likeness (QED) is 0.255. The molecule has 164 valence electrons. The summed E-state index contributed by atoms with van der Waals surface area (Å²) in [6.07, 6.45) is 2.08. The van der Waals surface area contributed by atoms with Crippen molar-refractivity contribution in [3.05, 3.63) is 114 Å². The molecule has 0 N–H and O–H groups in total. The van der Waals surface area contributed by atoms with E-state index in [1.54, 1.807) is 0 Å². The maximum Gasteiger partial charge on any atom is 0.216 e. The van der Waals surface area contributed by atoms with Gasteiger partial charge >= 0.3 is 0 Å². The maximum absolute atomic E-state index is 6.72. The lowest BCUT2D eigenvalue weighted by Crippen LogP contribution is -2.30. The van der Waals surface area contributed by atoms with Crippen molar-refractivity contribution >= 4 is 21.9 Å². The molecule has 2 heteroatoms. The first-order chi connectivity index (χ1) is 16.6. The molecule has 2 aromatic heterocycles. The molecule has 4 aromatic carbocycles. The van der Waals surface area contributed by atoms with Crippen LogP contribution in [0.5, 0.6) is 0 Å². The first-order valence-corrected chi connectivity index (χ1v) is 11.7. The third-order valence-corrected chi connectivity index (χ3v) is 6.81. The van der Waals surface area contributed by atoms with E-state index < -0.39 is 0 Å². The number of aromatic nitrogens is 1. The summed E-state index contributed by atoms with van der Waals surface area (Å²) in [4.78, 5) is 0. The number of hydrogen-bond donors (Lipinski definition) is 0. The monoisotopic (exact) mass is 440 g/mol. The molecule has 0 fully saturated rings. The molecule has 0 aliphatic rings. The maximum atomic E-state index is 6.72. The van der Waals surface area contributed by atoms with Gasteiger partial charge in [0, 0.05) is 28.5 Å². The van der Waals surface area contributed by atoms with Gasteiger partial charge in [-0.25, -0.2) is 4.57 Å². The minimum atomic E-state index is 0.943. The first-order valence-electron chi connectivity index (χ1n) is 11.7. The molecular weight excluding hydrogens is 414 g/mol. The summed E-state index contributed by atoms with van der Waals surface area (Å²) in [6, 6.07) is 34.4. The van der Waals surface area contributed by atoms with Crippen LogP contribution in [0, 0.1) is 13.8 Å². The summed E-state index contributed by atoms with van der Waals surface area (Å²) in [5, 5.41) is 2.30. The van der Waals surface area contributed by atoms with Crippen LogP contribution < -0.4 is 4.57 Å². The van der Waals surface area contributed by atoms with Crippen LogP contribution in [-0.4, -0.2) is 0 Å². The lowest BCUT2D eigenvalue weighted by atomic mass is 9.94. The van der Waals surface area contributed by atoms with Crippen LogP contribution in [0.4, 0.5) is 0 Å². The highest BCUT2D eigenvalue weighted by atomic mass is 16.3. The van der Waals surface area contributed by atoms with E-state index in [9.17, 15) is 0 Å². The largest absolute Gasteiger partial charge is 0.454 e. The van der Waals surface area contributed by atoms with Gasteiger partial charge in [-0.05, 0) is 47.7 Å². The average Bonchev–Trinajstić information content (AvgIpc) is 3.24. The zero-order chi connectivity index (χ0) is 23.2. The number of rotatable bonds is 3. The van der Waals surface area contributed by atoms with Crippen LogP contribution in [-0.2, 0) is 7.05 Å². The minimum Gasteiger partial charge on any atom is -0.454 e. The fourth-order valence-electron chi connectivity index (χ4n) is 5.05. The molecule has 2 nitrogen and oxygen atoms in total. The zero-order valence-electron chi connectivity index (χ0n) is 19.7. The second-order valence-electron chi connectivity index (χ2n) is 9.01. The molecule has 0 aliphatic heterocycles. The zero-order valence-corrected chi connectivity index (χ0v) is 19.7. The van der Waals surface area contributed by atoms with Crippen molar-refractivity contribution in [3.63, 3.8) is 0 Å². The van der Waals surface area contributed by atoms with Gasteiger partial charge in [0.2, 0.25) is 5.69 Å². The van der Waals surface area contributed by atoms with Crippen molar-refractivity contribution in [2.45, 2.75) is 13.8 Å². The second-order valence-corrected chi connectivity index (χ2v) is 9.01. The van der Waals surface area contributed by atoms with Crippen molar-refractivity contribution in [2.75, 3.05) is 0 Å². The molecule has 2 heterocycles. The first kappa shape index (κ1) is 20.4. The van der Waals surface area contributed by atoms with Gasteiger partial charge in [-0.2, -0.15) is 0 Å². The lowest BCUT2D eigenvalue weighted by molar-refractivity contribution is -0.660. The van der Waals surface area contributed by atoms with Crippen LogP contribution in [0.3, 0.4) is 0 Å². The Morgan fingerprint density at radius 2 is 1.38 bits per heavy atom. The molecule has 34 heavy (non-hydrogen) atoms. The highest BCUT2D eigenvalue weighted by Gasteiger charge is 2.21. The molecule has 6 rings (SSSR count). The van der Waals surface area contributed by atoms with Crippen LogP contribution in [0.1, 0.15) is 11.1 Å². The number of hydrogen-bond acceptors (Lipinski definition) is 1. The van der Waals surface area contributed by atoms with Gasteiger partial charge in [0.1, 0.15) is 18.2 Å². The predicted molar refractivity (Wildman–Crippen MR) is 141 cm³/mol. The standard InChI is InChI=1S/C32H26NO/c1-21-15-17-28-27-13-9-12-26(25-18-16-24(20-22(25)2)23-10-5-4-6-11-23)31(27)34-32(28)30(21)29-14-7-8-19-33(29)3/h4-20H,1-3H3/q+1. The Bertz CT molecular complexity index is 1680. The van der Waals surface area contributed by atoms with E-state index in [1.807, 2.05) is 0 Å². The molecular formula is C32H26NO+. The molecule has 6 aromatic rings. The van der Waals surface area contributed by atoms with E-state index in [0.717, 1.165) is 38.8 Å². The number of aryl methyl sites for hydroxylation is 3. The second kappa shape index (κ2) is 8.00. The average molecular weight is 441 g/mol. The van der Waals surface area contributed by atoms with E-state index in [-0.39, 0.29) is 0 Å². The van der Waals surface area contributed by atoms with E-state index >= 15 is 0 Å². The van der Waals surface area contributed by atoms with Crippen molar-refractivity contribution < 1.29 is 8.98 Å². The van der Waals surface area contributed by atoms with E-state index in [2.05, 4.69) is 129 Å². The van der Waals surface area contributed by atoms with E-state index in [0.29, 0.717) is 0 Å². The number of pyridine rings is 1. The molecule has 0 saturated heterocycles. The molecule has 0 aliphatic carbocycles. The summed E-state index contributed by atoms with van der Waals surface area (Å²) in [5.41, 5.74) is 11.4. The van der Waals surface area contributed by atoms with Gasteiger partial charge in [-0.15, -0.1) is 0 Å². The lowest BCUT2D eigenvalue weighted by Gasteiger charge is -2.10. The number of fused-ring (bicyclic) bond motifs is 3. The Kier molecular flexibility index (Phi) is 4.81. The van der Waals surface area contributed by atoms with E-state index in [4.69, 9.17) is 4.42 Å². The number of furan rings is 1. The summed E-state index contributed by atoms with van der Waals surface area (Å²) < 4.78 is 8.87. The third kappa shape index (κ3) is 3.22. The predicted octanol–water partition coefficient (Wildman–Crippen LogP) is 8.03. The number of nitrogens with zero attached hydrogens (tertiary/aromatic N) is 1. The van der Waals surface area contributed by atoms with Crippen LogP contribution >= 0.6 is 0 Å². The summed E-state index contributed by atoms with van der Waals surface area (Å²) in [7, 11) is 2.08. The molecule has 0 radical (unpaired) electrons. The Morgan fingerprint density at radius 1 is 0.588 bits per heavy atom. The Morgan fingerprint density at radius 3 is 2.18 bits per heavy atom. The van der Waals surface area contributed by atoms with Crippen molar-refractivity contribution in [1.82, 2.24) is 0 Å². The van der Waals surface area contributed by atoms with Crippen molar-refractivity contribution in [3.8, 4) is 33.5 Å². The highest BCUT2D eigenvalue weighted by Crippen LogP contribution is 2.41. The number of para-hydroxylation sites is 1. The molecule has 0 saturated carbocycles. The van der Waals surface area contributed by atoms with Gasteiger partial charge in [0.15, 0.2) is 6.20 Å². The van der Waals surface area contributed by atoms with Crippen LogP contribution in [0.15, 0.2) is 108 Å². The topological polar surface area (TPSA) is 17.0 Å². The van der Waals surface area contributed by atoms with Gasteiger partial charge in [0.25, 0.3) is 0 Å². The summed E-state index contributed by atoms with van der Waals surface area (Å²) >= 11 is 0. The van der Waals surface area contributed by atoms with Gasteiger partial charge in [-0.1, -0.05) is 78.9 Å². The molecule has 0 spiro atoms. The molecule has 0 amide bonds. The fraction of sp³-hybridized carbons (Fsp3) is 0.0938. The normalized spacial score (nSPS) is 11.4. The van der Waals surface area contributed by atoms with Crippen molar-refractivity contribution in [2.24, 2.45) is 7.05 Å². The fourth-order valence-corrected chi connectivity index (χ4v) is 5.05. The minimum absolute atomic E-state index is 0.943. The Labute approximate surface area is 199 Å².